The fourth-order valence-corrected chi connectivity index (χ4v) is 2.95. The summed E-state index contributed by atoms with van der Waals surface area (Å²) in [7, 11) is 1.91. The molecule has 0 unspecified atom stereocenters. The van der Waals surface area contributed by atoms with Gasteiger partial charge in [0.25, 0.3) is 5.91 Å². The Morgan fingerprint density at radius 2 is 1.65 bits per heavy atom. The zero-order valence-electron chi connectivity index (χ0n) is 11.2. The van der Waals surface area contributed by atoms with Gasteiger partial charge in [-0.15, -0.1) is 0 Å². The molecule has 1 aliphatic carbocycles. The Labute approximate surface area is 125 Å². The molecule has 3 nitrogen and oxygen atoms in total. The van der Waals surface area contributed by atoms with Crippen LogP contribution in [0.25, 0.3) is 0 Å². The number of nitrogens with one attached hydrogen (secondary N) is 2. The Kier molecular flexibility index (Phi) is 5.10. The summed E-state index contributed by atoms with van der Waals surface area (Å²) in [5, 5.41) is 5.91. The van der Waals surface area contributed by atoms with Gasteiger partial charge in [-0.1, -0.05) is 15.9 Å². The van der Waals surface area contributed by atoms with Gasteiger partial charge in [0.05, 0.1) is 0 Å². The molecule has 110 valence electrons. The number of benzene rings is 1. The summed E-state index contributed by atoms with van der Waals surface area (Å²) in [6, 6.07) is 2.63. The lowest BCUT2D eigenvalue weighted by Crippen LogP contribution is -2.41. The number of carbonyl (C=O) groups excluding carboxylic acids is 1. The molecule has 0 spiro atoms. The number of hydrogen-bond acceptors (Lipinski definition) is 2. The van der Waals surface area contributed by atoms with Crippen LogP contribution in [0.1, 0.15) is 36.0 Å². The van der Waals surface area contributed by atoms with Gasteiger partial charge in [-0.25, -0.2) is 8.78 Å². The van der Waals surface area contributed by atoms with Crippen LogP contribution < -0.4 is 10.6 Å². The van der Waals surface area contributed by atoms with Crippen molar-refractivity contribution in [3.8, 4) is 0 Å². The molecule has 0 heterocycles. The average Bonchev–Trinajstić information content (AvgIpc) is 2.38. The van der Waals surface area contributed by atoms with Gasteiger partial charge in [0.1, 0.15) is 17.2 Å². The zero-order chi connectivity index (χ0) is 14.7. The molecule has 1 aromatic carbocycles. The Bertz CT molecular complexity index is 479. The van der Waals surface area contributed by atoms with E-state index in [1.54, 1.807) is 0 Å². The summed E-state index contributed by atoms with van der Waals surface area (Å²) in [5.74, 6) is -2.38. The minimum atomic E-state index is -0.849. The number of amides is 1. The predicted octanol–water partition coefficient (Wildman–Crippen LogP) is 2.99. The molecular weight excluding hydrogens is 330 g/mol. The molecule has 0 radical (unpaired) electrons. The van der Waals surface area contributed by atoms with Crippen molar-refractivity contribution in [3.05, 3.63) is 33.8 Å². The average molecular weight is 347 g/mol. The molecule has 6 heteroatoms. The molecule has 1 aliphatic rings. The molecule has 0 saturated heterocycles. The number of rotatable bonds is 3. The lowest BCUT2D eigenvalue weighted by atomic mass is 9.91. The third-order valence-electron chi connectivity index (χ3n) is 3.70. The van der Waals surface area contributed by atoms with Crippen LogP contribution in [-0.4, -0.2) is 25.0 Å². The maximum Gasteiger partial charge on any atom is 0.257 e. The molecular formula is C14H17BrF2N2O. The van der Waals surface area contributed by atoms with Gasteiger partial charge in [-0.2, -0.15) is 0 Å². The Morgan fingerprint density at radius 1 is 1.15 bits per heavy atom. The van der Waals surface area contributed by atoms with Crippen molar-refractivity contribution in [2.45, 2.75) is 37.8 Å². The highest BCUT2D eigenvalue weighted by atomic mass is 79.9. The van der Waals surface area contributed by atoms with Crippen molar-refractivity contribution < 1.29 is 13.6 Å². The van der Waals surface area contributed by atoms with E-state index in [0.29, 0.717) is 6.04 Å². The third kappa shape index (κ3) is 3.55. The van der Waals surface area contributed by atoms with E-state index in [1.165, 1.54) is 0 Å². The summed E-state index contributed by atoms with van der Waals surface area (Å²) in [6.07, 6.45) is 3.54. The van der Waals surface area contributed by atoms with Crippen molar-refractivity contribution in [3.63, 3.8) is 0 Å². The van der Waals surface area contributed by atoms with Crippen LogP contribution in [0.4, 0.5) is 8.78 Å². The highest BCUT2D eigenvalue weighted by Gasteiger charge is 2.24. The molecule has 0 atom stereocenters. The monoisotopic (exact) mass is 346 g/mol. The van der Waals surface area contributed by atoms with Gasteiger partial charge < -0.3 is 10.6 Å². The van der Waals surface area contributed by atoms with Crippen molar-refractivity contribution in [2.24, 2.45) is 0 Å². The Balaban J connectivity index is 2.03. The summed E-state index contributed by atoms with van der Waals surface area (Å²) in [6.45, 7) is 0. The molecule has 1 aromatic rings. The molecule has 0 aromatic heterocycles. The van der Waals surface area contributed by atoms with Crippen LogP contribution in [0.5, 0.6) is 0 Å². The second kappa shape index (κ2) is 6.63. The molecule has 1 amide bonds. The molecule has 1 fully saturated rings. The topological polar surface area (TPSA) is 41.1 Å². The Hall–Kier alpha value is -1.01. The van der Waals surface area contributed by atoms with Gasteiger partial charge >= 0.3 is 0 Å². The van der Waals surface area contributed by atoms with E-state index in [-0.39, 0.29) is 10.5 Å². The molecule has 20 heavy (non-hydrogen) atoms. The van der Waals surface area contributed by atoms with Gasteiger partial charge in [-0.3, -0.25) is 4.79 Å². The maximum absolute atomic E-state index is 13.7. The summed E-state index contributed by atoms with van der Waals surface area (Å²) < 4.78 is 27.7. The number of hydrogen-bond donors (Lipinski definition) is 2. The maximum atomic E-state index is 13.7. The minimum absolute atomic E-state index is 0.0189. The van der Waals surface area contributed by atoms with Gasteiger partial charge in [0.2, 0.25) is 0 Å². The second-order valence-electron chi connectivity index (χ2n) is 5.06. The lowest BCUT2D eigenvalue weighted by Gasteiger charge is -2.28. The van der Waals surface area contributed by atoms with Gasteiger partial charge in [0, 0.05) is 16.6 Å². The summed E-state index contributed by atoms with van der Waals surface area (Å²) >= 11 is 2.99. The quantitative estimate of drug-likeness (QED) is 0.883. The fourth-order valence-electron chi connectivity index (χ4n) is 2.54. The van der Waals surface area contributed by atoms with Crippen LogP contribution in [0.2, 0.25) is 0 Å². The van der Waals surface area contributed by atoms with E-state index < -0.39 is 23.1 Å². The van der Waals surface area contributed by atoms with Crippen LogP contribution in [0.3, 0.4) is 0 Å². The second-order valence-corrected chi connectivity index (χ2v) is 5.97. The van der Waals surface area contributed by atoms with E-state index in [9.17, 15) is 13.6 Å². The van der Waals surface area contributed by atoms with Crippen molar-refractivity contribution >= 4 is 21.8 Å². The predicted molar refractivity (Wildman–Crippen MR) is 76.6 cm³/mol. The smallest absolute Gasteiger partial charge is 0.257 e. The van der Waals surface area contributed by atoms with E-state index in [1.807, 2.05) is 7.05 Å². The van der Waals surface area contributed by atoms with E-state index >= 15 is 0 Å². The number of carbonyl (C=O) groups is 1. The Morgan fingerprint density at radius 3 is 2.15 bits per heavy atom. The molecule has 2 N–H and O–H groups in total. The first-order valence-corrected chi connectivity index (χ1v) is 7.43. The SMILES string of the molecule is CNC1CCC(NC(=O)c2c(F)cc(Br)cc2F)CC1. The first kappa shape index (κ1) is 15.4. The van der Waals surface area contributed by atoms with E-state index in [2.05, 4.69) is 26.6 Å². The number of halogens is 3. The largest absolute Gasteiger partial charge is 0.349 e. The molecule has 0 aliphatic heterocycles. The highest BCUT2D eigenvalue weighted by molar-refractivity contribution is 9.10. The standard InChI is InChI=1S/C14H17BrF2N2O/c1-18-9-2-4-10(5-3-9)19-14(20)13-11(16)6-8(15)7-12(13)17/h6-7,9-10,18H,2-5H2,1H3,(H,19,20). The highest BCUT2D eigenvalue weighted by Crippen LogP contribution is 2.22. The molecule has 2 rings (SSSR count). The van der Waals surface area contributed by atoms with Crippen LogP contribution in [0, 0.1) is 11.6 Å². The fraction of sp³-hybridized carbons (Fsp3) is 0.500. The minimum Gasteiger partial charge on any atom is -0.349 e. The molecule has 0 bridgehead atoms. The summed E-state index contributed by atoms with van der Waals surface area (Å²) in [5.41, 5.74) is -0.510. The first-order chi connectivity index (χ1) is 9.51. The first-order valence-electron chi connectivity index (χ1n) is 6.64. The lowest BCUT2D eigenvalue weighted by molar-refractivity contribution is 0.0916. The van der Waals surface area contributed by atoms with E-state index in [4.69, 9.17) is 0 Å². The van der Waals surface area contributed by atoms with Gasteiger partial charge in [0.15, 0.2) is 0 Å². The normalized spacial score (nSPS) is 22.6. The molecule has 1 saturated carbocycles. The van der Waals surface area contributed by atoms with Gasteiger partial charge in [-0.05, 0) is 44.9 Å². The van der Waals surface area contributed by atoms with Crippen LogP contribution >= 0.6 is 15.9 Å². The zero-order valence-corrected chi connectivity index (χ0v) is 12.8. The summed E-state index contributed by atoms with van der Waals surface area (Å²) in [4.78, 5) is 12.0. The third-order valence-corrected chi connectivity index (χ3v) is 4.16. The van der Waals surface area contributed by atoms with Crippen molar-refractivity contribution in [2.75, 3.05) is 7.05 Å². The van der Waals surface area contributed by atoms with Crippen molar-refractivity contribution in [1.29, 1.82) is 0 Å². The van der Waals surface area contributed by atoms with Crippen LogP contribution in [-0.2, 0) is 0 Å². The van der Waals surface area contributed by atoms with Crippen molar-refractivity contribution in [1.82, 2.24) is 10.6 Å². The van der Waals surface area contributed by atoms with Crippen LogP contribution in [0.15, 0.2) is 16.6 Å². The van der Waals surface area contributed by atoms with E-state index in [0.717, 1.165) is 37.8 Å².